The van der Waals surface area contributed by atoms with Crippen LogP contribution in [0.1, 0.15) is 36.7 Å². The van der Waals surface area contributed by atoms with Crippen LogP contribution in [0, 0.1) is 5.41 Å². The second-order valence-corrected chi connectivity index (χ2v) is 8.79. The number of rotatable bonds is 6. The summed E-state index contributed by atoms with van der Waals surface area (Å²) < 4.78 is 0.548. The Bertz CT molecular complexity index is 1160. The minimum atomic E-state index is -0.247. The second-order valence-electron chi connectivity index (χ2n) is 7.07. The van der Waals surface area contributed by atoms with E-state index in [1.807, 2.05) is 24.3 Å². The molecule has 152 valence electrons. The minimum Gasteiger partial charge on any atom is -0.387 e. The third-order valence-electron chi connectivity index (χ3n) is 4.85. The summed E-state index contributed by atoms with van der Waals surface area (Å²) in [5.74, 6) is -0.218. The van der Waals surface area contributed by atoms with Gasteiger partial charge >= 0.3 is 0 Å². The van der Waals surface area contributed by atoms with E-state index < -0.39 is 0 Å². The molecule has 2 amide bonds. The highest BCUT2D eigenvalue weighted by molar-refractivity contribution is 7.18. The number of nitrogens with zero attached hydrogens (tertiary/aromatic N) is 1. The molecule has 0 aliphatic carbocycles. The van der Waals surface area contributed by atoms with Crippen molar-refractivity contribution in [1.82, 2.24) is 4.90 Å². The summed E-state index contributed by atoms with van der Waals surface area (Å²) in [5.41, 5.74) is 9.42. The third kappa shape index (κ3) is 4.22. The lowest BCUT2D eigenvalue weighted by Crippen LogP contribution is -2.23. The molecule has 3 aromatic rings. The molecule has 0 bridgehead atoms. The molecule has 4 rings (SSSR count). The summed E-state index contributed by atoms with van der Waals surface area (Å²) in [6, 6.07) is 16.4. The molecular formula is C22H19ClN4O2S. The molecule has 6 nitrogen and oxygen atoms in total. The Morgan fingerprint density at radius 3 is 2.67 bits per heavy atom. The van der Waals surface area contributed by atoms with Gasteiger partial charge in [-0.05, 0) is 35.4 Å². The monoisotopic (exact) mass is 438 g/mol. The Labute approximate surface area is 182 Å². The van der Waals surface area contributed by atoms with Crippen molar-refractivity contribution in [1.29, 1.82) is 5.41 Å². The van der Waals surface area contributed by atoms with E-state index in [9.17, 15) is 9.59 Å². The second kappa shape index (κ2) is 8.30. The van der Waals surface area contributed by atoms with Crippen molar-refractivity contribution in [2.24, 2.45) is 5.73 Å². The molecule has 0 spiro atoms. The number of carbonyl (C=O) groups excluding carboxylic acids is 2. The van der Waals surface area contributed by atoms with E-state index in [0.29, 0.717) is 40.0 Å². The third-order valence-corrected chi connectivity index (χ3v) is 6.08. The van der Waals surface area contributed by atoms with Crippen LogP contribution in [-0.4, -0.2) is 22.5 Å². The van der Waals surface area contributed by atoms with Crippen molar-refractivity contribution in [3.63, 3.8) is 0 Å². The summed E-state index contributed by atoms with van der Waals surface area (Å²) in [4.78, 5) is 27.7. The normalized spacial score (nSPS) is 12.7. The number of amides is 2. The van der Waals surface area contributed by atoms with Gasteiger partial charge in [-0.3, -0.25) is 15.0 Å². The van der Waals surface area contributed by atoms with Crippen LogP contribution < -0.4 is 11.1 Å². The Balaban J connectivity index is 1.52. The molecular weight excluding hydrogens is 420 g/mol. The van der Waals surface area contributed by atoms with Gasteiger partial charge in [0.2, 0.25) is 0 Å². The Morgan fingerprint density at radius 2 is 1.93 bits per heavy atom. The van der Waals surface area contributed by atoms with Gasteiger partial charge in [-0.25, -0.2) is 0 Å². The standard InChI is InChI=1S/C22H19ClN4O2S/c23-19-8-7-18(30-19)21(28)26-17-6-2-5-15-16(17)12-27(22(15)29)11-14-4-1-3-13(9-14)10-20(24)25/h1-9H,10-12H2,(H3,24,25)(H,26,28). The molecule has 0 fully saturated rings. The van der Waals surface area contributed by atoms with Crippen LogP contribution in [0.2, 0.25) is 4.34 Å². The van der Waals surface area contributed by atoms with Crippen molar-refractivity contribution in [3.8, 4) is 0 Å². The molecule has 4 N–H and O–H groups in total. The summed E-state index contributed by atoms with van der Waals surface area (Å²) in [5, 5.41) is 10.4. The number of fused-ring (bicyclic) bond motifs is 1. The molecule has 0 radical (unpaired) electrons. The van der Waals surface area contributed by atoms with E-state index in [2.05, 4.69) is 5.32 Å². The average molecular weight is 439 g/mol. The zero-order valence-corrected chi connectivity index (χ0v) is 17.5. The molecule has 1 aliphatic rings. The average Bonchev–Trinajstić information content (AvgIpc) is 3.27. The van der Waals surface area contributed by atoms with Crippen LogP contribution in [0.15, 0.2) is 54.6 Å². The largest absolute Gasteiger partial charge is 0.387 e. The van der Waals surface area contributed by atoms with Gasteiger partial charge in [0.1, 0.15) is 0 Å². The first-order chi connectivity index (χ1) is 14.4. The van der Waals surface area contributed by atoms with E-state index in [-0.39, 0.29) is 17.6 Å². The first kappa shape index (κ1) is 20.1. The van der Waals surface area contributed by atoms with Crippen molar-refractivity contribution >= 4 is 46.3 Å². The zero-order valence-electron chi connectivity index (χ0n) is 15.9. The molecule has 2 heterocycles. The van der Waals surface area contributed by atoms with Gasteiger partial charge < -0.3 is 16.0 Å². The number of thiophene rings is 1. The molecule has 8 heteroatoms. The van der Waals surface area contributed by atoms with Gasteiger partial charge in [-0.1, -0.05) is 41.9 Å². The van der Waals surface area contributed by atoms with Crippen LogP contribution in [0.5, 0.6) is 0 Å². The molecule has 0 saturated carbocycles. The fourth-order valence-corrected chi connectivity index (χ4v) is 4.47. The lowest BCUT2D eigenvalue weighted by molar-refractivity contribution is 0.0766. The van der Waals surface area contributed by atoms with Gasteiger partial charge in [0.25, 0.3) is 11.8 Å². The maximum Gasteiger partial charge on any atom is 0.265 e. The maximum atomic E-state index is 12.9. The predicted octanol–water partition coefficient (Wildman–Crippen LogP) is 4.29. The first-order valence-electron chi connectivity index (χ1n) is 9.29. The van der Waals surface area contributed by atoms with Gasteiger partial charge in [-0.15, -0.1) is 11.3 Å². The SMILES string of the molecule is N=C(N)Cc1cccc(CN2Cc3c(NC(=O)c4ccc(Cl)s4)cccc3C2=O)c1. The molecule has 0 saturated heterocycles. The summed E-state index contributed by atoms with van der Waals surface area (Å²) in [6.45, 7) is 0.847. The highest BCUT2D eigenvalue weighted by Gasteiger charge is 2.30. The number of halogens is 1. The van der Waals surface area contributed by atoms with Gasteiger partial charge in [0.15, 0.2) is 0 Å². The smallest absolute Gasteiger partial charge is 0.265 e. The van der Waals surface area contributed by atoms with Crippen molar-refractivity contribution in [2.75, 3.05) is 5.32 Å². The number of anilines is 1. The fraction of sp³-hybridized carbons (Fsp3) is 0.136. The van der Waals surface area contributed by atoms with Crippen LogP contribution in [-0.2, 0) is 19.5 Å². The van der Waals surface area contributed by atoms with Crippen LogP contribution >= 0.6 is 22.9 Å². The number of hydrogen-bond donors (Lipinski definition) is 3. The Kier molecular flexibility index (Phi) is 5.57. The highest BCUT2D eigenvalue weighted by Crippen LogP contribution is 2.31. The van der Waals surface area contributed by atoms with Crippen molar-refractivity contribution < 1.29 is 9.59 Å². The Morgan fingerprint density at radius 1 is 1.17 bits per heavy atom. The number of benzene rings is 2. The van der Waals surface area contributed by atoms with Gasteiger partial charge in [0.05, 0.1) is 15.0 Å². The number of amidine groups is 1. The van der Waals surface area contributed by atoms with Gasteiger partial charge in [-0.2, -0.15) is 0 Å². The lowest BCUT2D eigenvalue weighted by Gasteiger charge is -2.16. The van der Waals surface area contributed by atoms with E-state index in [1.54, 1.807) is 35.2 Å². The van der Waals surface area contributed by atoms with E-state index in [1.165, 1.54) is 11.3 Å². The molecule has 30 heavy (non-hydrogen) atoms. The fourth-order valence-electron chi connectivity index (χ4n) is 3.53. The quantitative estimate of drug-likeness (QED) is 0.395. The number of nitrogens with two attached hydrogens (primary N) is 1. The van der Waals surface area contributed by atoms with Gasteiger partial charge in [0, 0.05) is 36.3 Å². The molecule has 0 atom stereocenters. The van der Waals surface area contributed by atoms with E-state index >= 15 is 0 Å². The summed E-state index contributed by atoms with van der Waals surface area (Å²) in [6.07, 6.45) is 0.380. The van der Waals surface area contributed by atoms with E-state index in [4.69, 9.17) is 22.7 Å². The highest BCUT2D eigenvalue weighted by atomic mass is 35.5. The number of nitrogens with one attached hydrogen (secondary N) is 2. The molecule has 1 aromatic heterocycles. The van der Waals surface area contributed by atoms with Crippen LogP contribution in [0.25, 0.3) is 0 Å². The van der Waals surface area contributed by atoms with Crippen molar-refractivity contribution in [3.05, 3.63) is 86.1 Å². The Hall–Kier alpha value is -3.16. The van der Waals surface area contributed by atoms with Crippen LogP contribution in [0.4, 0.5) is 5.69 Å². The molecule has 2 aromatic carbocycles. The first-order valence-corrected chi connectivity index (χ1v) is 10.5. The van der Waals surface area contributed by atoms with Crippen molar-refractivity contribution in [2.45, 2.75) is 19.5 Å². The number of carbonyl (C=O) groups is 2. The maximum absolute atomic E-state index is 12.9. The lowest BCUT2D eigenvalue weighted by atomic mass is 10.1. The topological polar surface area (TPSA) is 99.3 Å². The zero-order chi connectivity index (χ0) is 21.3. The summed E-state index contributed by atoms with van der Waals surface area (Å²) >= 11 is 7.13. The minimum absolute atomic E-state index is 0.0720. The summed E-state index contributed by atoms with van der Waals surface area (Å²) in [7, 11) is 0. The van der Waals surface area contributed by atoms with E-state index in [0.717, 1.165) is 16.7 Å². The predicted molar refractivity (Wildman–Crippen MR) is 119 cm³/mol. The molecule has 0 unspecified atom stereocenters. The number of hydrogen-bond acceptors (Lipinski definition) is 4. The van der Waals surface area contributed by atoms with Crippen LogP contribution in [0.3, 0.4) is 0 Å². The molecule has 1 aliphatic heterocycles.